The van der Waals surface area contributed by atoms with Crippen molar-refractivity contribution in [3.05, 3.63) is 17.7 Å². The summed E-state index contributed by atoms with van der Waals surface area (Å²) in [5, 5.41) is 0. The summed E-state index contributed by atoms with van der Waals surface area (Å²) in [6, 6.07) is 0. The van der Waals surface area contributed by atoms with Gasteiger partial charge in [-0.05, 0) is 0 Å². The van der Waals surface area contributed by atoms with E-state index in [0.29, 0.717) is 11.6 Å². The first-order valence-corrected chi connectivity index (χ1v) is 4.06. The SMILES string of the molecule is CC(=O)c1cnc(C(C)C)n1C. The van der Waals surface area contributed by atoms with Crippen LogP contribution in [0.2, 0.25) is 0 Å². The molecule has 0 saturated heterocycles. The normalized spacial score (nSPS) is 10.8. The van der Waals surface area contributed by atoms with Crippen LogP contribution in [0.25, 0.3) is 0 Å². The first kappa shape index (κ1) is 8.97. The van der Waals surface area contributed by atoms with Crippen LogP contribution >= 0.6 is 0 Å². The van der Waals surface area contributed by atoms with Gasteiger partial charge in [-0.1, -0.05) is 13.8 Å². The molecule has 0 saturated carbocycles. The molecule has 0 radical (unpaired) electrons. The van der Waals surface area contributed by atoms with Crippen LogP contribution in [0.15, 0.2) is 6.20 Å². The largest absolute Gasteiger partial charge is 0.329 e. The second-order valence-electron chi connectivity index (χ2n) is 3.27. The van der Waals surface area contributed by atoms with E-state index in [-0.39, 0.29) is 5.78 Å². The van der Waals surface area contributed by atoms with Crippen molar-refractivity contribution in [2.75, 3.05) is 0 Å². The number of carbonyl (C=O) groups is 1. The molecule has 0 aromatic carbocycles. The minimum absolute atomic E-state index is 0.0666. The van der Waals surface area contributed by atoms with Crippen LogP contribution in [-0.4, -0.2) is 15.3 Å². The molecule has 0 atom stereocenters. The van der Waals surface area contributed by atoms with E-state index in [4.69, 9.17) is 0 Å². The maximum atomic E-state index is 11.0. The van der Waals surface area contributed by atoms with Gasteiger partial charge in [0.2, 0.25) is 0 Å². The predicted molar refractivity (Wildman–Crippen MR) is 47.3 cm³/mol. The van der Waals surface area contributed by atoms with Crippen molar-refractivity contribution in [3.8, 4) is 0 Å². The van der Waals surface area contributed by atoms with E-state index < -0.39 is 0 Å². The van der Waals surface area contributed by atoms with E-state index >= 15 is 0 Å². The monoisotopic (exact) mass is 166 g/mol. The van der Waals surface area contributed by atoms with Gasteiger partial charge in [0, 0.05) is 19.9 Å². The number of hydrogen-bond acceptors (Lipinski definition) is 2. The van der Waals surface area contributed by atoms with Gasteiger partial charge in [0.15, 0.2) is 5.78 Å². The van der Waals surface area contributed by atoms with Crippen molar-refractivity contribution < 1.29 is 4.79 Å². The van der Waals surface area contributed by atoms with Crippen molar-refractivity contribution in [2.24, 2.45) is 7.05 Å². The standard InChI is InChI=1S/C9H14N2O/c1-6(2)9-10-5-8(7(3)12)11(9)4/h5-6H,1-4H3. The van der Waals surface area contributed by atoms with Gasteiger partial charge in [-0.15, -0.1) is 0 Å². The average Bonchev–Trinajstić information content (AvgIpc) is 2.30. The lowest BCUT2D eigenvalue weighted by molar-refractivity contribution is 0.101. The summed E-state index contributed by atoms with van der Waals surface area (Å²) in [5.74, 6) is 1.39. The molecule has 0 spiro atoms. The summed E-state index contributed by atoms with van der Waals surface area (Å²) in [4.78, 5) is 15.2. The molecule has 3 heteroatoms. The van der Waals surface area contributed by atoms with Gasteiger partial charge in [0.1, 0.15) is 11.5 Å². The van der Waals surface area contributed by atoms with Crippen LogP contribution in [-0.2, 0) is 7.05 Å². The minimum Gasteiger partial charge on any atom is -0.329 e. The molecule has 1 aromatic rings. The third-order valence-electron chi connectivity index (χ3n) is 1.90. The highest BCUT2D eigenvalue weighted by molar-refractivity contribution is 5.92. The van der Waals surface area contributed by atoms with Gasteiger partial charge in [-0.3, -0.25) is 4.79 Å². The number of ketones is 1. The van der Waals surface area contributed by atoms with Gasteiger partial charge in [-0.2, -0.15) is 0 Å². The van der Waals surface area contributed by atoms with Crippen LogP contribution in [0.4, 0.5) is 0 Å². The molecular weight excluding hydrogens is 152 g/mol. The van der Waals surface area contributed by atoms with E-state index in [2.05, 4.69) is 18.8 Å². The van der Waals surface area contributed by atoms with Gasteiger partial charge in [-0.25, -0.2) is 4.98 Å². The third kappa shape index (κ3) is 1.40. The smallest absolute Gasteiger partial charge is 0.177 e. The van der Waals surface area contributed by atoms with E-state index in [1.807, 2.05) is 11.6 Å². The van der Waals surface area contributed by atoms with Gasteiger partial charge in [0.05, 0.1) is 6.20 Å². The van der Waals surface area contributed by atoms with Gasteiger partial charge >= 0.3 is 0 Å². The highest BCUT2D eigenvalue weighted by atomic mass is 16.1. The summed E-state index contributed by atoms with van der Waals surface area (Å²) >= 11 is 0. The summed E-state index contributed by atoms with van der Waals surface area (Å²) in [5.41, 5.74) is 0.679. The second kappa shape index (κ2) is 3.09. The lowest BCUT2D eigenvalue weighted by atomic mass is 10.2. The predicted octanol–water partition coefficient (Wildman–Crippen LogP) is 1.75. The first-order valence-electron chi connectivity index (χ1n) is 4.06. The number of imidazole rings is 1. The summed E-state index contributed by atoms with van der Waals surface area (Å²) < 4.78 is 1.85. The maximum absolute atomic E-state index is 11.0. The van der Waals surface area contributed by atoms with Crippen LogP contribution in [0.3, 0.4) is 0 Å². The Kier molecular flexibility index (Phi) is 2.31. The van der Waals surface area contributed by atoms with Crippen molar-refractivity contribution in [1.29, 1.82) is 0 Å². The fourth-order valence-corrected chi connectivity index (χ4v) is 1.29. The second-order valence-corrected chi connectivity index (χ2v) is 3.27. The van der Waals surface area contributed by atoms with E-state index in [1.54, 1.807) is 13.1 Å². The summed E-state index contributed by atoms with van der Waals surface area (Å²) in [6.45, 7) is 5.68. The van der Waals surface area contributed by atoms with E-state index in [9.17, 15) is 4.79 Å². The molecule has 0 aliphatic rings. The van der Waals surface area contributed by atoms with Crippen LogP contribution < -0.4 is 0 Å². The summed E-state index contributed by atoms with van der Waals surface area (Å²) in [7, 11) is 1.87. The number of carbonyl (C=O) groups excluding carboxylic acids is 1. The Morgan fingerprint density at radius 3 is 2.42 bits per heavy atom. The molecule has 66 valence electrons. The van der Waals surface area contributed by atoms with Crippen LogP contribution in [0.5, 0.6) is 0 Å². The Bertz CT molecular complexity index is 299. The Labute approximate surface area is 72.4 Å². The maximum Gasteiger partial charge on any atom is 0.177 e. The van der Waals surface area contributed by atoms with E-state index in [1.165, 1.54) is 0 Å². The highest BCUT2D eigenvalue weighted by Gasteiger charge is 2.11. The van der Waals surface area contributed by atoms with Crippen LogP contribution in [0.1, 0.15) is 43.0 Å². The molecule has 1 aromatic heterocycles. The molecular formula is C9H14N2O. The van der Waals surface area contributed by atoms with Crippen molar-refractivity contribution in [2.45, 2.75) is 26.7 Å². The molecule has 0 bridgehead atoms. The Balaban J connectivity index is 3.13. The van der Waals surface area contributed by atoms with Crippen LogP contribution in [0, 0.1) is 0 Å². The minimum atomic E-state index is 0.0666. The molecule has 0 aliphatic carbocycles. The van der Waals surface area contributed by atoms with Crippen molar-refractivity contribution in [3.63, 3.8) is 0 Å². The van der Waals surface area contributed by atoms with E-state index in [0.717, 1.165) is 5.82 Å². The molecule has 0 N–H and O–H groups in total. The molecule has 12 heavy (non-hydrogen) atoms. The number of Topliss-reactive ketones (excluding diaryl/α,β-unsaturated/α-hetero) is 1. The summed E-state index contributed by atoms with van der Waals surface area (Å²) in [6.07, 6.45) is 1.64. The molecule has 3 nitrogen and oxygen atoms in total. The molecule has 0 fully saturated rings. The number of nitrogens with zero attached hydrogens (tertiary/aromatic N) is 2. The lowest BCUT2D eigenvalue weighted by Crippen LogP contribution is -2.06. The highest BCUT2D eigenvalue weighted by Crippen LogP contribution is 2.13. The van der Waals surface area contributed by atoms with Crippen molar-refractivity contribution >= 4 is 5.78 Å². The zero-order valence-corrected chi connectivity index (χ0v) is 7.96. The number of hydrogen-bond donors (Lipinski definition) is 0. The molecule has 1 rings (SSSR count). The van der Waals surface area contributed by atoms with Gasteiger partial charge in [0.25, 0.3) is 0 Å². The van der Waals surface area contributed by atoms with Gasteiger partial charge < -0.3 is 4.57 Å². The zero-order valence-electron chi connectivity index (χ0n) is 7.96. The topological polar surface area (TPSA) is 34.9 Å². The Morgan fingerprint density at radius 1 is 1.58 bits per heavy atom. The fourth-order valence-electron chi connectivity index (χ4n) is 1.29. The first-order chi connectivity index (χ1) is 5.54. The Hall–Kier alpha value is -1.12. The molecule has 0 aliphatic heterocycles. The molecule has 1 heterocycles. The lowest BCUT2D eigenvalue weighted by Gasteiger charge is -2.05. The number of rotatable bonds is 2. The average molecular weight is 166 g/mol. The Morgan fingerprint density at radius 2 is 2.17 bits per heavy atom. The number of aromatic nitrogens is 2. The van der Waals surface area contributed by atoms with Crippen molar-refractivity contribution in [1.82, 2.24) is 9.55 Å². The molecule has 0 amide bonds. The fraction of sp³-hybridized carbons (Fsp3) is 0.556. The zero-order chi connectivity index (χ0) is 9.30. The quantitative estimate of drug-likeness (QED) is 0.627. The third-order valence-corrected chi connectivity index (χ3v) is 1.90. The molecule has 0 unspecified atom stereocenters.